The highest BCUT2D eigenvalue weighted by Crippen LogP contribution is 2.39. The van der Waals surface area contributed by atoms with Gasteiger partial charge in [0.25, 0.3) is 0 Å². The predicted octanol–water partition coefficient (Wildman–Crippen LogP) is 4.35. The Morgan fingerprint density at radius 3 is 2.32 bits per heavy atom. The van der Waals surface area contributed by atoms with E-state index in [0.29, 0.717) is 11.1 Å². The van der Waals surface area contributed by atoms with Gasteiger partial charge in [-0.1, -0.05) is 25.4 Å². The standard InChI is InChI=1S/C16H23ClN2O.C2H6/c1-12(2)19-8-6-16(11-20,7-9-19)14-10-13(17)4-5-15(14)18-3;1-2/h4-5,10-12,18H,6-9H2,1-3H3;1-2H3. The van der Waals surface area contributed by atoms with Gasteiger partial charge in [0, 0.05) is 23.8 Å². The van der Waals surface area contributed by atoms with Crippen LogP contribution in [-0.2, 0) is 10.2 Å². The van der Waals surface area contributed by atoms with Crippen LogP contribution < -0.4 is 5.32 Å². The molecule has 1 saturated heterocycles. The van der Waals surface area contributed by atoms with E-state index in [2.05, 4.69) is 24.1 Å². The lowest BCUT2D eigenvalue weighted by Gasteiger charge is -2.41. The number of benzene rings is 1. The van der Waals surface area contributed by atoms with Crippen LogP contribution in [0.3, 0.4) is 0 Å². The van der Waals surface area contributed by atoms with Crippen molar-refractivity contribution >= 4 is 23.6 Å². The van der Waals surface area contributed by atoms with E-state index >= 15 is 0 Å². The minimum Gasteiger partial charge on any atom is -0.388 e. The predicted molar refractivity (Wildman–Crippen MR) is 96.0 cm³/mol. The lowest BCUT2D eigenvalue weighted by atomic mass is 9.73. The van der Waals surface area contributed by atoms with Crippen LogP contribution in [-0.4, -0.2) is 37.4 Å². The number of anilines is 1. The molecule has 0 aliphatic carbocycles. The number of carbonyl (C=O) groups is 1. The molecule has 1 fully saturated rings. The summed E-state index contributed by atoms with van der Waals surface area (Å²) in [6, 6.07) is 6.28. The van der Waals surface area contributed by atoms with Crippen LogP contribution in [0.5, 0.6) is 0 Å². The maximum Gasteiger partial charge on any atom is 0.130 e. The summed E-state index contributed by atoms with van der Waals surface area (Å²) < 4.78 is 0. The number of carbonyl (C=O) groups excluding carboxylic acids is 1. The maximum absolute atomic E-state index is 11.8. The van der Waals surface area contributed by atoms with Gasteiger partial charge in [0.15, 0.2) is 0 Å². The fraction of sp³-hybridized carbons (Fsp3) is 0.611. The highest BCUT2D eigenvalue weighted by molar-refractivity contribution is 6.30. The van der Waals surface area contributed by atoms with Crippen molar-refractivity contribution in [2.45, 2.75) is 52.0 Å². The molecular formula is C18H29ClN2O. The first-order valence-corrected chi connectivity index (χ1v) is 8.58. The van der Waals surface area contributed by atoms with E-state index in [1.807, 2.05) is 39.1 Å². The molecule has 0 saturated carbocycles. The molecule has 1 aromatic carbocycles. The summed E-state index contributed by atoms with van der Waals surface area (Å²) in [7, 11) is 1.88. The van der Waals surface area contributed by atoms with Crippen molar-refractivity contribution in [2.75, 3.05) is 25.5 Å². The first kappa shape index (κ1) is 19.0. The molecule has 1 heterocycles. The van der Waals surface area contributed by atoms with Gasteiger partial charge in [-0.25, -0.2) is 0 Å². The number of piperidine rings is 1. The molecule has 3 nitrogen and oxygen atoms in total. The van der Waals surface area contributed by atoms with Crippen molar-refractivity contribution in [3.63, 3.8) is 0 Å². The van der Waals surface area contributed by atoms with Gasteiger partial charge in [-0.15, -0.1) is 0 Å². The Bertz CT molecular complexity index is 480. The molecule has 1 aromatic rings. The smallest absolute Gasteiger partial charge is 0.130 e. The molecule has 0 atom stereocenters. The fourth-order valence-corrected chi connectivity index (χ4v) is 3.21. The number of aldehydes is 1. The third-order valence-electron chi connectivity index (χ3n) is 4.43. The van der Waals surface area contributed by atoms with E-state index in [4.69, 9.17) is 11.6 Å². The number of hydrogen-bond acceptors (Lipinski definition) is 3. The molecule has 0 bridgehead atoms. The summed E-state index contributed by atoms with van der Waals surface area (Å²) in [5.74, 6) is 0. The second kappa shape index (κ2) is 8.54. The van der Waals surface area contributed by atoms with Gasteiger partial charge in [-0.3, -0.25) is 0 Å². The molecule has 0 amide bonds. The number of halogens is 1. The third-order valence-corrected chi connectivity index (χ3v) is 4.67. The summed E-state index contributed by atoms with van der Waals surface area (Å²) in [5, 5.41) is 3.87. The molecule has 0 unspecified atom stereocenters. The zero-order valence-corrected chi connectivity index (χ0v) is 15.2. The van der Waals surface area contributed by atoms with Crippen LogP contribution in [0.4, 0.5) is 5.69 Å². The third kappa shape index (κ3) is 4.02. The minimum atomic E-state index is -0.408. The first-order valence-electron chi connectivity index (χ1n) is 8.20. The highest BCUT2D eigenvalue weighted by Gasteiger charge is 2.38. The fourth-order valence-electron chi connectivity index (χ4n) is 3.04. The number of nitrogens with one attached hydrogen (secondary N) is 1. The zero-order valence-electron chi connectivity index (χ0n) is 14.4. The average Bonchev–Trinajstić information content (AvgIpc) is 2.56. The van der Waals surface area contributed by atoms with Gasteiger partial charge < -0.3 is 15.0 Å². The van der Waals surface area contributed by atoms with Crippen molar-refractivity contribution in [1.82, 2.24) is 4.90 Å². The Hall–Kier alpha value is -1.06. The maximum atomic E-state index is 11.8. The molecular weight excluding hydrogens is 296 g/mol. The Morgan fingerprint density at radius 1 is 1.27 bits per heavy atom. The molecule has 1 N–H and O–H groups in total. The quantitative estimate of drug-likeness (QED) is 0.836. The Morgan fingerprint density at radius 2 is 1.86 bits per heavy atom. The van der Waals surface area contributed by atoms with E-state index in [0.717, 1.165) is 43.5 Å². The zero-order chi connectivity index (χ0) is 16.8. The van der Waals surface area contributed by atoms with E-state index in [1.165, 1.54) is 0 Å². The van der Waals surface area contributed by atoms with Crippen molar-refractivity contribution in [1.29, 1.82) is 0 Å². The van der Waals surface area contributed by atoms with Crippen LogP contribution >= 0.6 is 11.6 Å². The second-order valence-electron chi connectivity index (χ2n) is 5.84. The van der Waals surface area contributed by atoms with E-state index in [1.54, 1.807) is 0 Å². The normalized spacial score (nSPS) is 17.6. The van der Waals surface area contributed by atoms with Gasteiger partial charge >= 0.3 is 0 Å². The molecule has 22 heavy (non-hydrogen) atoms. The first-order chi connectivity index (χ1) is 10.5. The number of likely N-dealkylation sites (tertiary alicyclic amines) is 1. The van der Waals surface area contributed by atoms with E-state index < -0.39 is 5.41 Å². The van der Waals surface area contributed by atoms with Gasteiger partial charge in [-0.2, -0.15) is 0 Å². The van der Waals surface area contributed by atoms with Crippen molar-refractivity contribution < 1.29 is 4.79 Å². The summed E-state index contributed by atoms with van der Waals surface area (Å²) in [5.41, 5.74) is 1.62. The largest absolute Gasteiger partial charge is 0.388 e. The van der Waals surface area contributed by atoms with Crippen LogP contribution in [0.15, 0.2) is 18.2 Å². The monoisotopic (exact) mass is 324 g/mol. The molecule has 1 aliphatic heterocycles. The van der Waals surface area contributed by atoms with Gasteiger partial charge in [0.2, 0.25) is 0 Å². The lowest BCUT2D eigenvalue weighted by Crippen LogP contribution is -2.46. The van der Waals surface area contributed by atoms with E-state index in [-0.39, 0.29) is 0 Å². The average molecular weight is 325 g/mol. The topological polar surface area (TPSA) is 32.3 Å². The van der Waals surface area contributed by atoms with Gasteiger partial charge in [0.1, 0.15) is 6.29 Å². The van der Waals surface area contributed by atoms with Crippen LogP contribution in [0.25, 0.3) is 0 Å². The van der Waals surface area contributed by atoms with Crippen LogP contribution in [0.2, 0.25) is 5.02 Å². The van der Waals surface area contributed by atoms with Crippen molar-refractivity contribution in [3.8, 4) is 0 Å². The molecule has 2 rings (SSSR count). The summed E-state index contributed by atoms with van der Waals surface area (Å²) in [6.07, 6.45) is 2.82. The Balaban J connectivity index is 0.00000116. The molecule has 0 radical (unpaired) electrons. The molecule has 124 valence electrons. The van der Waals surface area contributed by atoms with E-state index in [9.17, 15) is 4.79 Å². The van der Waals surface area contributed by atoms with Gasteiger partial charge in [-0.05, 0) is 63.5 Å². The molecule has 0 aromatic heterocycles. The molecule has 1 aliphatic rings. The second-order valence-corrected chi connectivity index (χ2v) is 6.28. The number of nitrogens with zero attached hydrogens (tertiary/aromatic N) is 1. The molecule has 4 heteroatoms. The SMILES string of the molecule is CC.CNc1ccc(Cl)cc1C1(C=O)CCN(C(C)C)CC1. The molecule has 0 spiro atoms. The Labute approximate surface area is 140 Å². The summed E-state index contributed by atoms with van der Waals surface area (Å²) in [6.45, 7) is 10.3. The van der Waals surface area contributed by atoms with Crippen molar-refractivity contribution in [2.24, 2.45) is 0 Å². The summed E-state index contributed by atoms with van der Waals surface area (Å²) >= 11 is 6.14. The number of rotatable bonds is 4. The lowest BCUT2D eigenvalue weighted by molar-refractivity contribution is -0.114. The summed E-state index contributed by atoms with van der Waals surface area (Å²) in [4.78, 5) is 14.3. The van der Waals surface area contributed by atoms with Crippen LogP contribution in [0, 0.1) is 0 Å². The number of hydrogen-bond donors (Lipinski definition) is 1. The minimum absolute atomic E-state index is 0.408. The van der Waals surface area contributed by atoms with Crippen LogP contribution in [0.1, 0.15) is 46.1 Å². The van der Waals surface area contributed by atoms with Gasteiger partial charge in [0.05, 0.1) is 5.41 Å². The van der Waals surface area contributed by atoms with Crippen molar-refractivity contribution in [3.05, 3.63) is 28.8 Å². The highest BCUT2D eigenvalue weighted by atomic mass is 35.5. The Kier molecular flexibility index (Phi) is 7.37.